The van der Waals surface area contributed by atoms with Crippen LogP contribution in [0.15, 0.2) is 6.33 Å². The second-order valence-corrected chi connectivity index (χ2v) is 6.63. The maximum atomic E-state index is 4.49. The summed E-state index contributed by atoms with van der Waals surface area (Å²) in [6.07, 6.45) is 6.88. The quantitative estimate of drug-likeness (QED) is 0.871. The third-order valence-corrected chi connectivity index (χ3v) is 5.62. The fourth-order valence-electron chi connectivity index (χ4n) is 3.77. The lowest BCUT2D eigenvalue weighted by Gasteiger charge is -2.49. The van der Waals surface area contributed by atoms with Crippen molar-refractivity contribution >= 4 is 0 Å². The van der Waals surface area contributed by atoms with Crippen LogP contribution in [0.4, 0.5) is 0 Å². The van der Waals surface area contributed by atoms with E-state index in [1.54, 1.807) is 6.33 Å². The number of hydrogen-bond acceptors (Lipinski definition) is 4. The van der Waals surface area contributed by atoms with E-state index in [4.69, 9.17) is 0 Å². The molecule has 3 rings (SSSR count). The average molecular weight is 291 g/mol. The van der Waals surface area contributed by atoms with Crippen molar-refractivity contribution in [1.29, 1.82) is 0 Å². The number of piperazine rings is 1. The zero-order valence-corrected chi connectivity index (χ0v) is 13.7. The summed E-state index contributed by atoms with van der Waals surface area (Å²) in [6, 6.07) is 0.675. The molecular weight excluding hydrogens is 262 g/mol. The molecule has 1 aliphatic carbocycles. The van der Waals surface area contributed by atoms with Gasteiger partial charge in [-0.25, -0.2) is 9.67 Å². The Morgan fingerprint density at radius 3 is 2.67 bits per heavy atom. The van der Waals surface area contributed by atoms with Crippen molar-refractivity contribution in [1.82, 2.24) is 25.0 Å². The molecule has 1 aromatic heterocycles. The molecule has 5 nitrogen and oxygen atoms in total. The molecule has 2 fully saturated rings. The van der Waals surface area contributed by atoms with Crippen LogP contribution in [0.3, 0.4) is 0 Å². The summed E-state index contributed by atoms with van der Waals surface area (Å²) in [5.41, 5.74) is 0.274. The van der Waals surface area contributed by atoms with Crippen LogP contribution in [0.25, 0.3) is 0 Å². The summed E-state index contributed by atoms with van der Waals surface area (Å²) < 4.78 is 2.03. The molecule has 1 unspecified atom stereocenters. The van der Waals surface area contributed by atoms with E-state index in [0.29, 0.717) is 6.04 Å². The minimum absolute atomic E-state index is 0.274. The second-order valence-electron chi connectivity index (χ2n) is 6.63. The number of aryl methyl sites for hydroxylation is 1. The molecule has 1 aromatic rings. The van der Waals surface area contributed by atoms with Crippen molar-refractivity contribution < 1.29 is 0 Å². The zero-order valence-electron chi connectivity index (χ0n) is 13.7. The number of nitrogens with one attached hydrogen (secondary N) is 1. The molecule has 1 aliphatic heterocycles. The zero-order chi connectivity index (χ0) is 14.9. The Morgan fingerprint density at radius 1 is 1.29 bits per heavy atom. The topological polar surface area (TPSA) is 46.0 Å². The van der Waals surface area contributed by atoms with E-state index in [1.807, 2.05) is 4.68 Å². The van der Waals surface area contributed by atoms with Crippen molar-refractivity contribution in [2.24, 2.45) is 5.92 Å². The lowest BCUT2D eigenvalue weighted by molar-refractivity contribution is 0.0173. The normalized spacial score (nSPS) is 26.1. The van der Waals surface area contributed by atoms with E-state index >= 15 is 0 Å². The van der Waals surface area contributed by atoms with Crippen LogP contribution in [0.2, 0.25) is 0 Å². The smallest absolute Gasteiger partial charge is 0.141 e. The first kappa shape index (κ1) is 15.0. The molecule has 0 spiro atoms. The van der Waals surface area contributed by atoms with Gasteiger partial charge in [0.2, 0.25) is 0 Å². The van der Waals surface area contributed by atoms with Crippen molar-refractivity contribution in [3.8, 4) is 0 Å². The van der Waals surface area contributed by atoms with Gasteiger partial charge in [-0.15, -0.1) is 0 Å². The summed E-state index contributed by atoms with van der Waals surface area (Å²) in [6.45, 7) is 10.9. The third-order valence-electron chi connectivity index (χ3n) is 5.62. The molecule has 0 radical (unpaired) electrons. The van der Waals surface area contributed by atoms with Gasteiger partial charge in [-0.1, -0.05) is 13.8 Å². The molecule has 2 aliphatic rings. The highest BCUT2D eigenvalue weighted by Crippen LogP contribution is 2.37. The van der Waals surface area contributed by atoms with E-state index in [9.17, 15) is 0 Å². The van der Waals surface area contributed by atoms with Crippen molar-refractivity contribution in [3.05, 3.63) is 12.2 Å². The summed E-state index contributed by atoms with van der Waals surface area (Å²) >= 11 is 0. The third kappa shape index (κ3) is 2.86. The Hall–Kier alpha value is -0.940. The van der Waals surface area contributed by atoms with E-state index in [2.05, 4.69) is 41.1 Å². The van der Waals surface area contributed by atoms with Gasteiger partial charge in [-0.3, -0.25) is 4.90 Å². The van der Waals surface area contributed by atoms with Crippen LogP contribution in [-0.2, 0) is 13.1 Å². The molecule has 118 valence electrons. The van der Waals surface area contributed by atoms with Gasteiger partial charge in [0.05, 0.1) is 6.54 Å². The Balaban J connectivity index is 1.78. The van der Waals surface area contributed by atoms with E-state index in [-0.39, 0.29) is 5.54 Å². The minimum atomic E-state index is 0.274. The highest BCUT2D eigenvalue weighted by Gasteiger charge is 2.43. The van der Waals surface area contributed by atoms with Gasteiger partial charge in [0.1, 0.15) is 12.2 Å². The SMILES string of the molecule is CCn1ncnc1CN1CC(C2CC2)NCC1(CC)CC. The van der Waals surface area contributed by atoms with Gasteiger partial charge in [0, 0.05) is 31.2 Å². The summed E-state index contributed by atoms with van der Waals surface area (Å²) in [4.78, 5) is 7.17. The van der Waals surface area contributed by atoms with Gasteiger partial charge in [-0.05, 0) is 38.5 Å². The fourth-order valence-corrected chi connectivity index (χ4v) is 3.77. The molecule has 1 saturated carbocycles. The van der Waals surface area contributed by atoms with Crippen LogP contribution in [0.1, 0.15) is 52.3 Å². The Morgan fingerprint density at radius 2 is 2.05 bits per heavy atom. The van der Waals surface area contributed by atoms with Gasteiger partial charge in [-0.2, -0.15) is 5.10 Å². The molecule has 2 heterocycles. The molecule has 1 N–H and O–H groups in total. The monoisotopic (exact) mass is 291 g/mol. The largest absolute Gasteiger partial charge is 0.311 e. The average Bonchev–Trinajstić information content (AvgIpc) is 3.28. The highest BCUT2D eigenvalue weighted by atomic mass is 15.4. The van der Waals surface area contributed by atoms with E-state index in [0.717, 1.165) is 37.9 Å². The van der Waals surface area contributed by atoms with Crippen molar-refractivity contribution in [2.45, 2.75) is 71.1 Å². The maximum Gasteiger partial charge on any atom is 0.141 e. The molecule has 0 amide bonds. The minimum Gasteiger partial charge on any atom is -0.311 e. The number of rotatable bonds is 6. The molecule has 1 atom stereocenters. The molecule has 0 aromatic carbocycles. The predicted molar refractivity (Wildman–Crippen MR) is 83.9 cm³/mol. The van der Waals surface area contributed by atoms with E-state index in [1.165, 1.54) is 25.7 Å². The van der Waals surface area contributed by atoms with Gasteiger partial charge in [0.15, 0.2) is 0 Å². The predicted octanol–water partition coefficient (Wildman–Crippen LogP) is 2.04. The van der Waals surface area contributed by atoms with Crippen molar-refractivity contribution in [2.75, 3.05) is 13.1 Å². The number of nitrogens with zero attached hydrogens (tertiary/aromatic N) is 4. The Kier molecular flexibility index (Phi) is 4.31. The summed E-state index contributed by atoms with van der Waals surface area (Å²) in [7, 11) is 0. The first-order valence-corrected chi connectivity index (χ1v) is 8.57. The van der Waals surface area contributed by atoms with Gasteiger partial charge in [0.25, 0.3) is 0 Å². The molecule has 5 heteroatoms. The summed E-state index contributed by atoms with van der Waals surface area (Å²) in [5, 5.41) is 8.16. The lowest BCUT2D eigenvalue weighted by atomic mass is 9.86. The molecule has 0 bridgehead atoms. The van der Waals surface area contributed by atoms with Crippen LogP contribution in [0, 0.1) is 5.92 Å². The van der Waals surface area contributed by atoms with Crippen LogP contribution in [0.5, 0.6) is 0 Å². The number of hydrogen-bond donors (Lipinski definition) is 1. The van der Waals surface area contributed by atoms with Gasteiger partial charge >= 0.3 is 0 Å². The highest BCUT2D eigenvalue weighted by molar-refractivity contribution is 5.03. The molecular formula is C16H29N5. The standard InChI is InChI=1S/C16H29N5/c1-4-16(5-2)11-17-14(13-7-8-13)9-20(16)10-15-18-12-19-21(15)6-3/h12-14,17H,4-11H2,1-3H3. The second kappa shape index (κ2) is 6.05. The van der Waals surface area contributed by atoms with E-state index < -0.39 is 0 Å². The Bertz CT molecular complexity index is 461. The van der Waals surface area contributed by atoms with Crippen LogP contribution < -0.4 is 5.32 Å². The molecule has 21 heavy (non-hydrogen) atoms. The van der Waals surface area contributed by atoms with Gasteiger partial charge < -0.3 is 5.32 Å². The first-order chi connectivity index (χ1) is 10.2. The fraction of sp³-hybridized carbons (Fsp3) is 0.875. The summed E-state index contributed by atoms with van der Waals surface area (Å²) in [5.74, 6) is 2.02. The maximum absolute atomic E-state index is 4.49. The number of aromatic nitrogens is 3. The first-order valence-electron chi connectivity index (χ1n) is 8.57. The molecule has 1 saturated heterocycles. The van der Waals surface area contributed by atoms with Crippen molar-refractivity contribution in [3.63, 3.8) is 0 Å². The Labute approximate surface area is 128 Å². The van der Waals surface area contributed by atoms with Crippen LogP contribution in [-0.4, -0.2) is 44.3 Å². The van der Waals surface area contributed by atoms with Crippen LogP contribution >= 0.6 is 0 Å². The lowest BCUT2D eigenvalue weighted by Crippen LogP contribution is -2.64.